The highest BCUT2D eigenvalue weighted by atomic mass is 79.9. The molecule has 0 unspecified atom stereocenters. The van der Waals surface area contributed by atoms with Crippen LogP contribution >= 0.6 is 15.9 Å². The third-order valence-electron chi connectivity index (χ3n) is 3.56. The van der Waals surface area contributed by atoms with E-state index in [0.717, 1.165) is 26.2 Å². The summed E-state index contributed by atoms with van der Waals surface area (Å²) < 4.78 is 31.6. The number of anilines is 1. The lowest BCUT2D eigenvalue weighted by molar-refractivity contribution is -0.119. The summed E-state index contributed by atoms with van der Waals surface area (Å²) in [5, 5.41) is 3.87. The van der Waals surface area contributed by atoms with Crippen LogP contribution in [0.15, 0.2) is 52.0 Å². The molecule has 0 fully saturated rings. The number of hydrogen-bond acceptors (Lipinski definition) is 5. The van der Waals surface area contributed by atoms with Crippen molar-refractivity contribution in [3.63, 3.8) is 0 Å². The van der Waals surface area contributed by atoms with Gasteiger partial charge in [-0.05, 0) is 42.3 Å². The molecule has 0 aromatic heterocycles. The number of rotatable bonds is 7. The van der Waals surface area contributed by atoms with Crippen LogP contribution in [0.2, 0.25) is 0 Å². The van der Waals surface area contributed by atoms with Crippen molar-refractivity contribution in [3.05, 3.63) is 58.1 Å². The first-order valence-electron chi connectivity index (χ1n) is 7.90. The molecule has 0 saturated carbocycles. The maximum Gasteiger partial charge on any atom is 0.260 e. The van der Waals surface area contributed by atoms with E-state index in [9.17, 15) is 13.2 Å². The van der Waals surface area contributed by atoms with Crippen LogP contribution in [0.4, 0.5) is 5.69 Å². The van der Waals surface area contributed by atoms with Crippen LogP contribution in [0.3, 0.4) is 0 Å². The Balaban J connectivity index is 2.16. The number of benzene rings is 2. The van der Waals surface area contributed by atoms with Gasteiger partial charge in [-0.2, -0.15) is 5.10 Å². The summed E-state index contributed by atoms with van der Waals surface area (Å²) >= 11 is 3.33. The standard InChI is InChI=1S/C18H20BrN3O4S/c1-13-4-9-17(26-2)16(10-13)22(27(3,24)25)12-18(23)21-20-11-14-5-7-15(19)8-6-14/h4-11H,12H2,1-3H3,(H,21,23)/b20-11-. The predicted octanol–water partition coefficient (Wildman–Crippen LogP) is 2.68. The molecule has 9 heteroatoms. The molecule has 2 aromatic rings. The quantitative estimate of drug-likeness (QED) is 0.515. The van der Waals surface area contributed by atoms with Gasteiger partial charge in [0, 0.05) is 4.47 Å². The molecule has 27 heavy (non-hydrogen) atoms. The Bertz CT molecular complexity index is 944. The van der Waals surface area contributed by atoms with Gasteiger partial charge in [-0.25, -0.2) is 13.8 Å². The lowest BCUT2D eigenvalue weighted by atomic mass is 10.2. The van der Waals surface area contributed by atoms with Crippen molar-refractivity contribution >= 4 is 43.8 Å². The van der Waals surface area contributed by atoms with Crippen molar-refractivity contribution in [2.75, 3.05) is 24.2 Å². The Morgan fingerprint density at radius 1 is 1.26 bits per heavy atom. The van der Waals surface area contributed by atoms with E-state index >= 15 is 0 Å². The summed E-state index contributed by atoms with van der Waals surface area (Å²) in [6, 6.07) is 12.4. The zero-order chi connectivity index (χ0) is 20.0. The largest absolute Gasteiger partial charge is 0.495 e. The van der Waals surface area contributed by atoms with E-state index in [1.807, 2.05) is 31.2 Å². The first-order chi connectivity index (χ1) is 12.7. The molecule has 0 spiro atoms. The number of aryl methyl sites for hydroxylation is 1. The van der Waals surface area contributed by atoms with E-state index in [1.54, 1.807) is 18.2 Å². The van der Waals surface area contributed by atoms with Gasteiger partial charge in [0.15, 0.2) is 0 Å². The first kappa shape index (κ1) is 20.9. The Kier molecular flexibility index (Phi) is 6.98. The number of nitrogens with zero attached hydrogens (tertiary/aromatic N) is 2. The lowest BCUT2D eigenvalue weighted by Crippen LogP contribution is -2.39. The van der Waals surface area contributed by atoms with Crippen LogP contribution in [0.1, 0.15) is 11.1 Å². The van der Waals surface area contributed by atoms with Gasteiger partial charge in [0.25, 0.3) is 5.91 Å². The number of sulfonamides is 1. The second-order valence-electron chi connectivity index (χ2n) is 5.79. The van der Waals surface area contributed by atoms with Gasteiger partial charge in [-0.15, -0.1) is 0 Å². The minimum absolute atomic E-state index is 0.298. The van der Waals surface area contributed by atoms with Crippen molar-refractivity contribution in [1.29, 1.82) is 0 Å². The van der Waals surface area contributed by atoms with E-state index < -0.39 is 22.5 Å². The number of hydrazone groups is 1. The average Bonchev–Trinajstić information content (AvgIpc) is 2.60. The average molecular weight is 454 g/mol. The van der Waals surface area contributed by atoms with E-state index in [1.165, 1.54) is 13.3 Å². The normalized spacial score (nSPS) is 11.4. The molecule has 2 aromatic carbocycles. The molecule has 0 aliphatic carbocycles. The lowest BCUT2D eigenvalue weighted by Gasteiger charge is -2.23. The maximum atomic E-state index is 12.2. The van der Waals surface area contributed by atoms with E-state index in [2.05, 4.69) is 26.5 Å². The minimum atomic E-state index is -3.71. The summed E-state index contributed by atoms with van der Waals surface area (Å²) in [4.78, 5) is 12.2. The number of carbonyl (C=O) groups excluding carboxylic acids is 1. The van der Waals surface area contributed by atoms with Crippen molar-refractivity contribution in [1.82, 2.24) is 5.43 Å². The highest BCUT2D eigenvalue weighted by Crippen LogP contribution is 2.30. The third kappa shape index (κ3) is 6.07. The Morgan fingerprint density at radius 3 is 2.52 bits per heavy atom. The van der Waals surface area contributed by atoms with Gasteiger partial charge >= 0.3 is 0 Å². The van der Waals surface area contributed by atoms with E-state index in [4.69, 9.17) is 4.74 Å². The summed E-state index contributed by atoms with van der Waals surface area (Å²) in [5.74, 6) is -0.213. The van der Waals surface area contributed by atoms with Gasteiger partial charge in [0.05, 0.1) is 25.3 Å². The van der Waals surface area contributed by atoms with Crippen molar-refractivity contribution < 1.29 is 17.9 Å². The maximum absolute atomic E-state index is 12.2. The number of hydrogen-bond donors (Lipinski definition) is 1. The molecule has 0 bridgehead atoms. The first-order valence-corrected chi connectivity index (χ1v) is 10.5. The van der Waals surface area contributed by atoms with Crippen molar-refractivity contribution in [2.45, 2.75) is 6.92 Å². The second kappa shape index (κ2) is 9.01. The topological polar surface area (TPSA) is 88.1 Å². The van der Waals surface area contributed by atoms with Crippen molar-refractivity contribution in [3.8, 4) is 5.75 Å². The zero-order valence-corrected chi connectivity index (χ0v) is 17.5. The van der Waals surface area contributed by atoms with Crippen LogP contribution in [0, 0.1) is 6.92 Å². The number of ether oxygens (including phenoxy) is 1. The Labute approximate surface area is 167 Å². The number of amides is 1. The van der Waals surface area contributed by atoms with Gasteiger partial charge in [0.2, 0.25) is 10.0 Å². The predicted molar refractivity (Wildman–Crippen MR) is 110 cm³/mol. The van der Waals surface area contributed by atoms with E-state index in [-0.39, 0.29) is 0 Å². The molecule has 0 saturated heterocycles. The number of carbonyl (C=O) groups is 1. The smallest absolute Gasteiger partial charge is 0.260 e. The third-order valence-corrected chi connectivity index (χ3v) is 5.22. The van der Waals surface area contributed by atoms with E-state index in [0.29, 0.717) is 11.4 Å². The SMILES string of the molecule is COc1ccc(C)cc1N(CC(=O)N/N=C\c1ccc(Br)cc1)S(C)(=O)=O. The molecule has 1 amide bonds. The number of nitrogens with one attached hydrogen (secondary N) is 1. The summed E-state index contributed by atoms with van der Waals surface area (Å²) in [6.45, 7) is 1.41. The fourth-order valence-corrected chi connectivity index (χ4v) is 3.39. The van der Waals surface area contributed by atoms with Crippen LogP contribution in [0.5, 0.6) is 5.75 Å². The van der Waals surface area contributed by atoms with Gasteiger partial charge < -0.3 is 4.74 Å². The van der Waals surface area contributed by atoms with Crippen LogP contribution in [0.25, 0.3) is 0 Å². The zero-order valence-electron chi connectivity index (χ0n) is 15.1. The molecule has 7 nitrogen and oxygen atoms in total. The molecule has 0 radical (unpaired) electrons. The van der Waals surface area contributed by atoms with Crippen LogP contribution in [-0.4, -0.2) is 40.4 Å². The molecule has 0 aliphatic rings. The summed E-state index contributed by atoms with van der Waals surface area (Å²) in [5.41, 5.74) is 4.27. The highest BCUT2D eigenvalue weighted by molar-refractivity contribution is 9.10. The molecular formula is C18H20BrN3O4S. The molecule has 2 rings (SSSR count). The fourth-order valence-electron chi connectivity index (χ4n) is 2.27. The summed E-state index contributed by atoms with van der Waals surface area (Å²) in [6.07, 6.45) is 2.51. The molecule has 144 valence electrons. The second-order valence-corrected chi connectivity index (χ2v) is 8.61. The monoisotopic (exact) mass is 453 g/mol. The van der Waals surface area contributed by atoms with Gasteiger partial charge in [-0.1, -0.05) is 34.1 Å². The highest BCUT2D eigenvalue weighted by Gasteiger charge is 2.24. The minimum Gasteiger partial charge on any atom is -0.495 e. The molecule has 1 N–H and O–H groups in total. The number of methoxy groups -OCH3 is 1. The van der Waals surface area contributed by atoms with Crippen LogP contribution in [-0.2, 0) is 14.8 Å². The van der Waals surface area contributed by atoms with Gasteiger partial charge in [0.1, 0.15) is 12.3 Å². The van der Waals surface area contributed by atoms with Crippen LogP contribution < -0.4 is 14.5 Å². The molecule has 0 atom stereocenters. The molecular weight excluding hydrogens is 434 g/mol. The molecule has 0 heterocycles. The number of halogens is 1. The Hall–Kier alpha value is -2.39. The Morgan fingerprint density at radius 2 is 1.93 bits per heavy atom. The summed E-state index contributed by atoms with van der Waals surface area (Å²) in [7, 11) is -2.27. The fraction of sp³-hybridized carbons (Fsp3) is 0.222. The van der Waals surface area contributed by atoms with Gasteiger partial charge in [-0.3, -0.25) is 9.10 Å². The molecule has 0 aliphatic heterocycles. The van der Waals surface area contributed by atoms with Crippen molar-refractivity contribution in [2.24, 2.45) is 5.10 Å².